The first kappa shape index (κ1) is 16.7. The van der Waals surface area contributed by atoms with E-state index in [1.165, 1.54) is 30.9 Å². The summed E-state index contributed by atoms with van der Waals surface area (Å²) in [4.78, 5) is 26.7. The molecule has 0 fully saturated rings. The van der Waals surface area contributed by atoms with E-state index in [1.807, 2.05) is 0 Å². The van der Waals surface area contributed by atoms with Crippen LogP contribution in [0.5, 0.6) is 5.75 Å². The summed E-state index contributed by atoms with van der Waals surface area (Å²) < 4.78 is 60.5. The van der Waals surface area contributed by atoms with Gasteiger partial charge in [-0.1, -0.05) is 0 Å². The predicted molar refractivity (Wildman–Crippen MR) is 70.5 cm³/mol. The molecule has 122 valence electrons. The van der Waals surface area contributed by atoms with Crippen LogP contribution < -0.4 is 4.74 Å². The molecular weight excluding hydrogens is 338 g/mol. The topological polar surface area (TPSA) is 116 Å². The number of esters is 1. The molecule has 23 heavy (non-hydrogen) atoms. The molecule has 0 atom stereocenters. The third kappa shape index (κ3) is 3.40. The summed E-state index contributed by atoms with van der Waals surface area (Å²) in [6.45, 7) is 0. The molecule has 0 radical (unpaired) electrons. The average molecular weight is 346 g/mol. The molecule has 11 heteroatoms. The van der Waals surface area contributed by atoms with Gasteiger partial charge in [-0.2, -0.15) is 17.2 Å². The van der Waals surface area contributed by atoms with Gasteiger partial charge in [0.2, 0.25) is 0 Å². The van der Waals surface area contributed by atoms with Gasteiger partial charge in [-0.25, -0.2) is 9.78 Å². The zero-order chi connectivity index (χ0) is 17.3. The van der Waals surface area contributed by atoms with Crippen molar-refractivity contribution >= 4 is 22.0 Å². The minimum absolute atomic E-state index is 0.143. The van der Waals surface area contributed by atoms with Crippen molar-refractivity contribution in [2.75, 3.05) is 0 Å². The van der Waals surface area contributed by atoms with E-state index in [4.69, 9.17) is 4.55 Å². The number of ether oxygens (including phenoxy) is 1. The van der Waals surface area contributed by atoms with Crippen molar-refractivity contribution in [2.45, 2.75) is 5.25 Å². The standard InChI is InChI=1S/C12H8F2N2O6S/c13-12(14,23(19,20)21)11(18)22-9-3-1-8(2-4-9)10(17)16-6-5-15-7-16/h1-7H,(H,19,20,21). The van der Waals surface area contributed by atoms with Crippen LogP contribution in [0.3, 0.4) is 0 Å². The summed E-state index contributed by atoms with van der Waals surface area (Å²) in [5.41, 5.74) is 0.143. The molecule has 1 N–H and O–H groups in total. The monoisotopic (exact) mass is 346 g/mol. The number of carbonyl (C=O) groups is 2. The second-order valence-electron chi connectivity index (χ2n) is 4.18. The zero-order valence-electron chi connectivity index (χ0n) is 11.1. The molecule has 2 rings (SSSR count). The first-order chi connectivity index (χ1) is 10.6. The molecule has 0 spiro atoms. The summed E-state index contributed by atoms with van der Waals surface area (Å²) >= 11 is 0. The number of benzene rings is 1. The summed E-state index contributed by atoms with van der Waals surface area (Å²) in [6.07, 6.45) is 4.03. The quantitative estimate of drug-likeness (QED) is 0.498. The molecule has 0 saturated heterocycles. The Morgan fingerprint density at radius 3 is 2.30 bits per heavy atom. The van der Waals surface area contributed by atoms with Crippen LogP contribution in [-0.4, -0.2) is 39.7 Å². The fourth-order valence-electron chi connectivity index (χ4n) is 1.47. The molecule has 8 nitrogen and oxygen atoms in total. The van der Waals surface area contributed by atoms with Crippen molar-refractivity contribution in [1.82, 2.24) is 9.55 Å². The van der Waals surface area contributed by atoms with E-state index < -0.39 is 33.0 Å². The summed E-state index contributed by atoms with van der Waals surface area (Å²) in [5.74, 6) is -3.36. The number of hydrogen-bond acceptors (Lipinski definition) is 6. The van der Waals surface area contributed by atoms with Gasteiger partial charge in [-0.15, -0.1) is 0 Å². The van der Waals surface area contributed by atoms with E-state index >= 15 is 0 Å². The molecule has 1 aromatic heterocycles. The summed E-state index contributed by atoms with van der Waals surface area (Å²) in [5, 5.41) is -5.10. The predicted octanol–water partition coefficient (Wildman–Crippen LogP) is 0.958. The lowest BCUT2D eigenvalue weighted by molar-refractivity contribution is -0.151. The number of halogens is 2. The van der Waals surface area contributed by atoms with Crippen molar-refractivity contribution < 1.29 is 36.1 Å². The van der Waals surface area contributed by atoms with Crippen LogP contribution in [0, 0.1) is 0 Å². The number of aromatic nitrogens is 2. The van der Waals surface area contributed by atoms with Crippen molar-refractivity contribution in [3.05, 3.63) is 48.5 Å². The number of carbonyl (C=O) groups excluding carboxylic acids is 2. The fraction of sp³-hybridized carbons (Fsp3) is 0.0833. The third-order valence-electron chi connectivity index (χ3n) is 2.61. The Morgan fingerprint density at radius 1 is 1.22 bits per heavy atom. The number of imidazole rings is 1. The molecule has 2 aromatic rings. The number of hydrogen-bond donors (Lipinski definition) is 1. The minimum atomic E-state index is -5.95. The van der Waals surface area contributed by atoms with Crippen LogP contribution in [-0.2, 0) is 14.9 Å². The van der Waals surface area contributed by atoms with Crippen molar-refractivity contribution in [3.63, 3.8) is 0 Å². The molecular formula is C12H8F2N2O6S. The second-order valence-corrected chi connectivity index (χ2v) is 5.64. The van der Waals surface area contributed by atoms with Crippen molar-refractivity contribution in [2.24, 2.45) is 0 Å². The first-order valence-electron chi connectivity index (χ1n) is 5.83. The van der Waals surface area contributed by atoms with Gasteiger partial charge in [0.05, 0.1) is 0 Å². The van der Waals surface area contributed by atoms with Crippen LogP contribution in [0.1, 0.15) is 10.4 Å². The maximum Gasteiger partial charge on any atom is 0.466 e. The Bertz CT molecular complexity index is 831. The highest BCUT2D eigenvalue weighted by Crippen LogP contribution is 2.24. The Hall–Kier alpha value is -2.66. The minimum Gasteiger partial charge on any atom is -0.421 e. The SMILES string of the molecule is O=C(c1ccc(OC(=O)C(F)(F)S(=O)(=O)O)cc1)n1ccnc1. The van der Waals surface area contributed by atoms with E-state index in [-0.39, 0.29) is 5.56 Å². The van der Waals surface area contributed by atoms with Crippen LogP contribution in [0.25, 0.3) is 0 Å². The van der Waals surface area contributed by atoms with Crippen LogP contribution in [0.4, 0.5) is 8.78 Å². The van der Waals surface area contributed by atoms with E-state index in [0.29, 0.717) is 0 Å². The van der Waals surface area contributed by atoms with E-state index in [2.05, 4.69) is 9.72 Å². The zero-order valence-corrected chi connectivity index (χ0v) is 11.9. The Labute approximate surface area is 128 Å². The van der Waals surface area contributed by atoms with Gasteiger partial charge in [-0.05, 0) is 24.3 Å². The molecule has 0 aliphatic carbocycles. The van der Waals surface area contributed by atoms with Crippen LogP contribution in [0.2, 0.25) is 0 Å². The van der Waals surface area contributed by atoms with Gasteiger partial charge in [0.1, 0.15) is 12.1 Å². The smallest absolute Gasteiger partial charge is 0.421 e. The number of nitrogens with zero attached hydrogens (tertiary/aromatic N) is 2. The Morgan fingerprint density at radius 2 is 1.83 bits per heavy atom. The highest BCUT2D eigenvalue weighted by atomic mass is 32.2. The largest absolute Gasteiger partial charge is 0.466 e. The maximum atomic E-state index is 13.0. The number of rotatable bonds is 4. The van der Waals surface area contributed by atoms with Gasteiger partial charge >= 0.3 is 21.3 Å². The third-order valence-corrected chi connectivity index (χ3v) is 3.43. The van der Waals surface area contributed by atoms with Gasteiger partial charge in [0.25, 0.3) is 5.91 Å². The molecule has 0 saturated carbocycles. The van der Waals surface area contributed by atoms with E-state index in [1.54, 1.807) is 0 Å². The number of alkyl halides is 2. The lowest BCUT2D eigenvalue weighted by Crippen LogP contribution is -2.40. The fourth-order valence-corrected chi connectivity index (χ4v) is 1.72. The van der Waals surface area contributed by atoms with E-state index in [9.17, 15) is 26.8 Å². The van der Waals surface area contributed by atoms with Gasteiger partial charge in [0, 0.05) is 18.0 Å². The maximum absolute atomic E-state index is 13.0. The average Bonchev–Trinajstić information content (AvgIpc) is 3.00. The Kier molecular flexibility index (Phi) is 4.25. The second kappa shape index (κ2) is 5.85. The van der Waals surface area contributed by atoms with Gasteiger partial charge in [0.15, 0.2) is 0 Å². The van der Waals surface area contributed by atoms with Crippen LogP contribution >= 0.6 is 0 Å². The Balaban J connectivity index is 2.15. The molecule has 0 amide bonds. The molecule has 0 aliphatic rings. The molecule has 1 aromatic carbocycles. The highest BCUT2D eigenvalue weighted by Gasteiger charge is 2.54. The van der Waals surface area contributed by atoms with E-state index in [0.717, 1.165) is 16.7 Å². The molecule has 0 unspecified atom stereocenters. The van der Waals surface area contributed by atoms with Gasteiger partial charge in [-0.3, -0.25) is 13.9 Å². The summed E-state index contributed by atoms with van der Waals surface area (Å²) in [7, 11) is -5.95. The van der Waals surface area contributed by atoms with Gasteiger partial charge < -0.3 is 4.74 Å². The van der Waals surface area contributed by atoms with Crippen LogP contribution in [0.15, 0.2) is 43.0 Å². The summed E-state index contributed by atoms with van der Waals surface area (Å²) in [6, 6.07) is 4.39. The lowest BCUT2D eigenvalue weighted by Gasteiger charge is -2.11. The molecule has 0 aliphatic heterocycles. The van der Waals surface area contributed by atoms with Crippen molar-refractivity contribution in [1.29, 1.82) is 0 Å². The lowest BCUT2D eigenvalue weighted by atomic mass is 10.2. The molecule has 1 heterocycles. The van der Waals surface area contributed by atoms with Crippen molar-refractivity contribution in [3.8, 4) is 5.75 Å². The molecule has 0 bridgehead atoms. The first-order valence-corrected chi connectivity index (χ1v) is 7.27. The normalized spacial score (nSPS) is 12.0. The highest BCUT2D eigenvalue weighted by molar-refractivity contribution is 7.87.